The van der Waals surface area contributed by atoms with Crippen LogP contribution in [0.25, 0.3) is 0 Å². The molecule has 0 fully saturated rings. The van der Waals surface area contributed by atoms with Crippen molar-refractivity contribution < 1.29 is 24.0 Å². The van der Waals surface area contributed by atoms with Gasteiger partial charge < -0.3 is 14.8 Å². The van der Waals surface area contributed by atoms with Crippen molar-refractivity contribution in [3.05, 3.63) is 49.9 Å². The number of ether oxygens (including phenoxy) is 2. The number of nitro benzene ring substituents is 1. The molecule has 1 heterocycles. The molecule has 1 aromatic heterocycles. The molecule has 0 bridgehead atoms. The minimum Gasteiger partial charge on any atom is -0.474 e. The second kappa shape index (κ2) is 8.83. The van der Waals surface area contributed by atoms with Gasteiger partial charge in [0.1, 0.15) is 5.00 Å². The predicted octanol–water partition coefficient (Wildman–Crippen LogP) is 4.16. The zero-order chi connectivity index (χ0) is 21.0. The van der Waals surface area contributed by atoms with Gasteiger partial charge in [0.15, 0.2) is 11.9 Å². The van der Waals surface area contributed by atoms with Crippen LogP contribution < -0.4 is 10.1 Å². The molecule has 2 rings (SSSR count). The van der Waals surface area contributed by atoms with Gasteiger partial charge in [-0.2, -0.15) is 0 Å². The molecule has 2 aromatic rings. The number of amides is 1. The lowest BCUT2D eigenvalue weighted by Crippen LogP contribution is -2.30. The van der Waals surface area contributed by atoms with Crippen molar-refractivity contribution in [3.63, 3.8) is 0 Å². The van der Waals surface area contributed by atoms with E-state index in [1.807, 2.05) is 6.92 Å². The number of carbonyl (C=O) groups is 2. The molecule has 0 aliphatic rings. The number of anilines is 1. The summed E-state index contributed by atoms with van der Waals surface area (Å²) in [6.07, 6.45) is -1.01. The first-order chi connectivity index (χ1) is 13.1. The fourth-order valence-corrected chi connectivity index (χ4v) is 3.54. The Labute approximate surface area is 166 Å². The Morgan fingerprint density at radius 3 is 2.57 bits per heavy atom. The molecule has 1 N–H and O–H groups in total. The molecule has 150 valence electrons. The Balaban J connectivity index is 2.21. The van der Waals surface area contributed by atoms with Gasteiger partial charge in [0.05, 0.1) is 17.1 Å². The second-order valence-electron chi connectivity index (χ2n) is 6.19. The minimum absolute atomic E-state index is 0.00223. The summed E-state index contributed by atoms with van der Waals surface area (Å²) in [5.41, 5.74) is 1.54. The van der Waals surface area contributed by atoms with Gasteiger partial charge in [-0.1, -0.05) is 6.07 Å². The van der Waals surface area contributed by atoms with E-state index in [0.29, 0.717) is 16.1 Å². The topological polar surface area (TPSA) is 108 Å². The van der Waals surface area contributed by atoms with Crippen molar-refractivity contribution >= 4 is 33.9 Å². The van der Waals surface area contributed by atoms with E-state index < -0.39 is 22.9 Å². The summed E-state index contributed by atoms with van der Waals surface area (Å²) in [6, 6.07) is 4.50. The maximum absolute atomic E-state index is 12.6. The number of carbonyl (C=O) groups excluding carboxylic acids is 2. The van der Waals surface area contributed by atoms with E-state index in [1.165, 1.54) is 30.4 Å². The molecular weight excluding hydrogens is 384 g/mol. The van der Waals surface area contributed by atoms with Crippen molar-refractivity contribution in [2.24, 2.45) is 0 Å². The lowest BCUT2D eigenvalue weighted by atomic mass is 10.1. The van der Waals surface area contributed by atoms with Crippen LogP contribution in [0.2, 0.25) is 0 Å². The van der Waals surface area contributed by atoms with Crippen LogP contribution >= 0.6 is 11.3 Å². The molecule has 1 atom stereocenters. The number of nitrogens with one attached hydrogen (secondary N) is 1. The van der Waals surface area contributed by atoms with Crippen molar-refractivity contribution in [1.82, 2.24) is 0 Å². The quantitative estimate of drug-likeness (QED) is 0.420. The van der Waals surface area contributed by atoms with E-state index in [0.717, 1.165) is 10.4 Å². The van der Waals surface area contributed by atoms with Gasteiger partial charge >= 0.3 is 11.7 Å². The van der Waals surface area contributed by atoms with Gasteiger partial charge in [0, 0.05) is 10.9 Å². The van der Waals surface area contributed by atoms with Crippen molar-refractivity contribution in [3.8, 4) is 5.75 Å². The highest BCUT2D eigenvalue weighted by Crippen LogP contribution is 2.34. The number of nitrogens with zero attached hydrogens (tertiary/aromatic N) is 1. The number of aryl methyl sites for hydroxylation is 2. The van der Waals surface area contributed by atoms with Gasteiger partial charge in [0.2, 0.25) is 0 Å². The normalized spacial score (nSPS) is 11.6. The summed E-state index contributed by atoms with van der Waals surface area (Å²) in [5.74, 6) is -1.04. The highest BCUT2D eigenvalue weighted by molar-refractivity contribution is 7.16. The zero-order valence-corrected chi connectivity index (χ0v) is 17.1. The number of hydrogen-bond acceptors (Lipinski definition) is 7. The fourth-order valence-electron chi connectivity index (χ4n) is 2.49. The molecule has 0 radical (unpaired) electrons. The monoisotopic (exact) mass is 406 g/mol. The second-order valence-corrected chi connectivity index (χ2v) is 7.41. The predicted molar refractivity (Wildman–Crippen MR) is 106 cm³/mol. The number of thiophene rings is 1. The molecule has 0 aliphatic heterocycles. The summed E-state index contributed by atoms with van der Waals surface area (Å²) in [6.45, 7) is 8.76. The van der Waals surface area contributed by atoms with Crippen LogP contribution in [0, 0.1) is 30.9 Å². The van der Waals surface area contributed by atoms with E-state index in [-0.39, 0.29) is 18.0 Å². The third kappa shape index (κ3) is 4.66. The van der Waals surface area contributed by atoms with Gasteiger partial charge in [-0.05, 0) is 51.8 Å². The van der Waals surface area contributed by atoms with E-state index in [4.69, 9.17) is 9.47 Å². The third-order valence-corrected chi connectivity index (χ3v) is 5.21. The molecule has 0 aliphatic carbocycles. The fraction of sp³-hybridized carbons (Fsp3) is 0.368. The smallest absolute Gasteiger partial charge is 0.341 e. The number of nitro groups is 1. The summed E-state index contributed by atoms with van der Waals surface area (Å²) < 4.78 is 10.6. The SMILES string of the molecule is CCOC(=O)c1c(NC(=O)[C@H](C)Oc2ccc(C)cc2[N+](=O)[O-])sc(C)c1C. The van der Waals surface area contributed by atoms with Crippen molar-refractivity contribution in [2.75, 3.05) is 11.9 Å². The highest BCUT2D eigenvalue weighted by Gasteiger charge is 2.26. The lowest BCUT2D eigenvalue weighted by molar-refractivity contribution is -0.386. The van der Waals surface area contributed by atoms with Gasteiger partial charge in [-0.25, -0.2) is 4.79 Å². The van der Waals surface area contributed by atoms with Crippen LogP contribution in [-0.2, 0) is 9.53 Å². The number of rotatable bonds is 7. The molecule has 1 amide bonds. The molecule has 0 saturated carbocycles. The summed E-state index contributed by atoms with van der Waals surface area (Å²) in [4.78, 5) is 36.3. The van der Waals surface area contributed by atoms with Crippen molar-refractivity contribution in [2.45, 2.75) is 40.7 Å². The van der Waals surface area contributed by atoms with Crippen LogP contribution in [-0.4, -0.2) is 29.5 Å². The first-order valence-corrected chi connectivity index (χ1v) is 9.47. The van der Waals surface area contributed by atoms with E-state index >= 15 is 0 Å². The highest BCUT2D eigenvalue weighted by atomic mass is 32.1. The van der Waals surface area contributed by atoms with Crippen LogP contribution in [0.4, 0.5) is 10.7 Å². The number of hydrogen-bond donors (Lipinski definition) is 1. The first kappa shape index (κ1) is 21.4. The van der Waals surface area contributed by atoms with Gasteiger partial charge in [-0.15, -0.1) is 11.3 Å². The summed E-state index contributed by atoms with van der Waals surface area (Å²) in [5, 5.41) is 14.3. The zero-order valence-electron chi connectivity index (χ0n) is 16.3. The van der Waals surface area contributed by atoms with Crippen molar-refractivity contribution in [1.29, 1.82) is 0 Å². The van der Waals surface area contributed by atoms with Gasteiger partial charge in [0.25, 0.3) is 5.91 Å². The number of esters is 1. The van der Waals surface area contributed by atoms with Crippen LogP contribution in [0.3, 0.4) is 0 Å². The Morgan fingerprint density at radius 2 is 1.96 bits per heavy atom. The average molecular weight is 406 g/mol. The summed E-state index contributed by atoms with van der Waals surface area (Å²) in [7, 11) is 0. The largest absolute Gasteiger partial charge is 0.474 e. The molecule has 28 heavy (non-hydrogen) atoms. The molecule has 1 aromatic carbocycles. The molecule has 9 heteroatoms. The first-order valence-electron chi connectivity index (χ1n) is 8.65. The minimum atomic E-state index is -1.01. The van der Waals surface area contributed by atoms with Gasteiger partial charge in [-0.3, -0.25) is 14.9 Å². The molecule has 0 saturated heterocycles. The Kier molecular flexibility index (Phi) is 6.74. The maximum Gasteiger partial charge on any atom is 0.341 e. The molecule has 0 unspecified atom stereocenters. The van der Waals surface area contributed by atoms with E-state index in [1.54, 1.807) is 26.8 Å². The lowest BCUT2D eigenvalue weighted by Gasteiger charge is -2.15. The van der Waals surface area contributed by atoms with Crippen LogP contribution in [0.5, 0.6) is 5.75 Å². The number of benzene rings is 1. The third-order valence-electron chi connectivity index (χ3n) is 4.09. The molecule has 0 spiro atoms. The Morgan fingerprint density at radius 1 is 1.29 bits per heavy atom. The van der Waals surface area contributed by atoms with E-state index in [9.17, 15) is 19.7 Å². The van der Waals surface area contributed by atoms with E-state index in [2.05, 4.69) is 5.32 Å². The van der Waals surface area contributed by atoms with Crippen LogP contribution in [0.1, 0.15) is 40.2 Å². The summed E-state index contributed by atoms with van der Waals surface area (Å²) >= 11 is 1.26. The van der Waals surface area contributed by atoms with Crippen LogP contribution in [0.15, 0.2) is 18.2 Å². The molecular formula is C19H22N2O6S. The standard InChI is InChI=1S/C19H22N2O6S/c1-6-26-19(23)16-11(3)13(5)28-18(16)20-17(22)12(4)27-15-8-7-10(2)9-14(15)21(24)25/h7-9,12H,6H2,1-5H3,(H,20,22)/t12-/m0/s1. The molecule has 8 nitrogen and oxygen atoms in total. The maximum atomic E-state index is 12.6. The average Bonchev–Trinajstić information content (AvgIpc) is 2.90. The Bertz CT molecular complexity index is 921. The Hall–Kier alpha value is -2.94.